The Morgan fingerprint density at radius 3 is 2.08 bits per heavy atom. The molecule has 0 spiro atoms. The Morgan fingerprint density at radius 2 is 1.83 bits per heavy atom. The number of carbonyl (C=O) groups excluding carboxylic acids is 1. The van der Waals surface area contributed by atoms with Crippen molar-refractivity contribution < 1.29 is 18.0 Å². The van der Waals surface area contributed by atoms with Crippen molar-refractivity contribution in [1.82, 2.24) is 4.90 Å². The fraction of sp³-hybridized carbons (Fsp3) is 0.500. The fourth-order valence-corrected chi connectivity index (χ4v) is 0.344. The third kappa shape index (κ3) is 3.27. The lowest BCUT2D eigenvalue weighted by atomic mass is 10.4. The first kappa shape index (κ1) is 10.8. The molecule has 70 valence electrons. The third-order valence-corrected chi connectivity index (χ3v) is 1.05. The van der Waals surface area contributed by atoms with E-state index in [-0.39, 0.29) is 0 Å². The molecule has 0 aliphatic heterocycles. The molecular formula is C6H9F3N2O. The molecule has 0 rings (SSSR count). The quantitative estimate of drug-likeness (QED) is 0.599. The minimum atomic E-state index is -4.63. The van der Waals surface area contributed by atoms with Crippen molar-refractivity contribution in [2.24, 2.45) is 5.73 Å². The number of hydrogen-bond acceptors (Lipinski definition) is 2. The summed E-state index contributed by atoms with van der Waals surface area (Å²) >= 11 is 0. The number of allylic oxidation sites excluding steroid dienone is 1. The Labute approximate surface area is 67.6 Å². The molecule has 0 heterocycles. The zero-order chi connectivity index (χ0) is 9.94. The topological polar surface area (TPSA) is 46.3 Å². The lowest BCUT2D eigenvalue weighted by molar-refractivity contribution is -0.125. The number of nitrogens with zero attached hydrogens (tertiary/aromatic N) is 1. The van der Waals surface area contributed by atoms with Gasteiger partial charge in [-0.05, 0) is 0 Å². The van der Waals surface area contributed by atoms with Crippen molar-refractivity contribution >= 4 is 5.91 Å². The second kappa shape index (κ2) is 3.46. The highest BCUT2D eigenvalue weighted by Crippen LogP contribution is 2.20. The van der Waals surface area contributed by atoms with Crippen LogP contribution in [-0.2, 0) is 4.79 Å². The number of hydrogen-bond donors (Lipinski definition) is 1. The molecule has 0 atom stereocenters. The number of nitrogens with two attached hydrogens (primary N) is 1. The molecule has 6 heteroatoms. The molecule has 0 aromatic heterocycles. The fourth-order valence-electron chi connectivity index (χ4n) is 0.344. The van der Waals surface area contributed by atoms with Crippen LogP contribution in [0.5, 0.6) is 0 Å². The average molecular weight is 182 g/mol. The van der Waals surface area contributed by atoms with Crippen LogP contribution in [0, 0.1) is 0 Å². The Bertz CT molecular complexity index is 207. The van der Waals surface area contributed by atoms with Crippen molar-refractivity contribution in [2.45, 2.75) is 6.18 Å². The van der Waals surface area contributed by atoms with E-state index in [1.54, 1.807) is 0 Å². The van der Waals surface area contributed by atoms with E-state index in [0.29, 0.717) is 6.08 Å². The molecule has 0 saturated heterocycles. The van der Waals surface area contributed by atoms with Gasteiger partial charge in [-0.15, -0.1) is 0 Å². The molecule has 0 unspecified atom stereocenters. The summed E-state index contributed by atoms with van der Waals surface area (Å²) in [6.07, 6.45) is -4.29. The van der Waals surface area contributed by atoms with Gasteiger partial charge in [-0.3, -0.25) is 4.79 Å². The maximum Gasteiger partial charge on any atom is 0.430 e. The van der Waals surface area contributed by atoms with Crippen LogP contribution in [0.1, 0.15) is 0 Å². The molecule has 3 nitrogen and oxygen atoms in total. The van der Waals surface area contributed by atoms with Crippen LogP contribution in [-0.4, -0.2) is 31.1 Å². The van der Waals surface area contributed by atoms with Gasteiger partial charge in [-0.25, -0.2) is 0 Å². The van der Waals surface area contributed by atoms with E-state index in [1.807, 2.05) is 0 Å². The number of rotatable bonds is 1. The van der Waals surface area contributed by atoms with Crippen molar-refractivity contribution in [3.63, 3.8) is 0 Å². The summed E-state index contributed by atoms with van der Waals surface area (Å²) < 4.78 is 35.1. The molecule has 0 aromatic rings. The molecule has 0 bridgehead atoms. The zero-order valence-corrected chi connectivity index (χ0v) is 6.64. The lowest BCUT2D eigenvalue weighted by Gasteiger charge is -2.09. The van der Waals surface area contributed by atoms with Gasteiger partial charge >= 0.3 is 6.18 Å². The molecule has 0 fully saturated rings. The molecule has 0 radical (unpaired) electrons. The average Bonchev–Trinajstić information content (AvgIpc) is 1.85. The zero-order valence-electron chi connectivity index (χ0n) is 6.64. The molecule has 0 aliphatic carbocycles. The molecule has 2 N–H and O–H groups in total. The summed E-state index contributed by atoms with van der Waals surface area (Å²) in [5.41, 5.74) is 3.19. The van der Waals surface area contributed by atoms with E-state index in [0.717, 1.165) is 4.90 Å². The van der Waals surface area contributed by atoms with Gasteiger partial charge in [0, 0.05) is 20.2 Å². The maximum atomic E-state index is 11.7. The van der Waals surface area contributed by atoms with E-state index in [4.69, 9.17) is 0 Å². The molecular weight excluding hydrogens is 173 g/mol. The first-order valence-electron chi connectivity index (χ1n) is 3.01. The molecule has 0 aromatic carbocycles. The SMILES string of the molecule is CN(C)C(=O)/C=C(\N)C(F)(F)F. The second-order valence-corrected chi connectivity index (χ2v) is 2.33. The first-order chi connectivity index (χ1) is 5.25. The van der Waals surface area contributed by atoms with Gasteiger partial charge in [0.05, 0.1) is 0 Å². The van der Waals surface area contributed by atoms with Crippen LogP contribution in [0.4, 0.5) is 13.2 Å². The van der Waals surface area contributed by atoms with Crippen LogP contribution in [0.3, 0.4) is 0 Å². The minimum Gasteiger partial charge on any atom is -0.395 e. The highest BCUT2D eigenvalue weighted by molar-refractivity contribution is 5.87. The first-order valence-corrected chi connectivity index (χ1v) is 3.01. The Hall–Kier alpha value is -1.20. The van der Waals surface area contributed by atoms with Crippen molar-refractivity contribution in [3.8, 4) is 0 Å². The summed E-state index contributed by atoms with van der Waals surface area (Å²) in [5.74, 6) is -0.787. The minimum absolute atomic E-state index is 0.347. The number of halogens is 3. The van der Waals surface area contributed by atoms with Crippen LogP contribution in [0.2, 0.25) is 0 Å². The number of likely N-dealkylation sites (N-methyl/N-ethyl adjacent to an activating group) is 1. The maximum absolute atomic E-state index is 11.7. The number of amides is 1. The van der Waals surface area contributed by atoms with Gasteiger partial charge in [0.15, 0.2) is 0 Å². The van der Waals surface area contributed by atoms with Gasteiger partial charge < -0.3 is 10.6 Å². The van der Waals surface area contributed by atoms with E-state index >= 15 is 0 Å². The predicted octanol–water partition coefficient (Wildman–Crippen LogP) is 0.479. The lowest BCUT2D eigenvalue weighted by Crippen LogP contribution is -2.25. The number of carbonyl (C=O) groups is 1. The van der Waals surface area contributed by atoms with E-state index in [2.05, 4.69) is 5.73 Å². The molecule has 0 aliphatic rings. The monoisotopic (exact) mass is 182 g/mol. The van der Waals surface area contributed by atoms with Gasteiger partial charge in [0.1, 0.15) is 5.70 Å². The van der Waals surface area contributed by atoms with E-state index < -0.39 is 17.8 Å². The summed E-state index contributed by atoms with van der Waals surface area (Å²) in [6, 6.07) is 0. The van der Waals surface area contributed by atoms with Crippen LogP contribution in [0.25, 0.3) is 0 Å². The number of alkyl halides is 3. The summed E-state index contributed by atoms with van der Waals surface area (Å²) in [6.45, 7) is 0. The van der Waals surface area contributed by atoms with E-state index in [1.165, 1.54) is 14.1 Å². The Kier molecular flexibility index (Phi) is 3.12. The standard InChI is InChI=1S/C6H9F3N2O/c1-11(2)5(12)3-4(10)6(7,8)9/h3H,10H2,1-2H3/b4-3-. The normalized spacial score (nSPS) is 12.9. The van der Waals surface area contributed by atoms with Crippen LogP contribution >= 0.6 is 0 Å². The largest absolute Gasteiger partial charge is 0.430 e. The predicted molar refractivity (Wildman–Crippen MR) is 37.0 cm³/mol. The molecule has 12 heavy (non-hydrogen) atoms. The van der Waals surface area contributed by atoms with E-state index in [9.17, 15) is 18.0 Å². The highest BCUT2D eigenvalue weighted by Gasteiger charge is 2.32. The second-order valence-electron chi connectivity index (χ2n) is 2.33. The summed E-state index contributed by atoms with van der Waals surface area (Å²) in [7, 11) is 2.67. The van der Waals surface area contributed by atoms with Gasteiger partial charge in [-0.2, -0.15) is 13.2 Å². The highest BCUT2D eigenvalue weighted by atomic mass is 19.4. The summed E-state index contributed by atoms with van der Waals surface area (Å²) in [4.78, 5) is 11.7. The van der Waals surface area contributed by atoms with Crippen molar-refractivity contribution in [3.05, 3.63) is 11.8 Å². The third-order valence-electron chi connectivity index (χ3n) is 1.05. The smallest absolute Gasteiger partial charge is 0.395 e. The Morgan fingerprint density at radius 1 is 1.42 bits per heavy atom. The van der Waals surface area contributed by atoms with Crippen LogP contribution in [0.15, 0.2) is 11.8 Å². The van der Waals surface area contributed by atoms with Gasteiger partial charge in [0.2, 0.25) is 5.91 Å². The van der Waals surface area contributed by atoms with Crippen molar-refractivity contribution in [2.75, 3.05) is 14.1 Å². The van der Waals surface area contributed by atoms with Gasteiger partial charge in [0.25, 0.3) is 0 Å². The molecule has 1 amide bonds. The molecule has 0 saturated carbocycles. The summed E-state index contributed by atoms with van der Waals surface area (Å²) in [5, 5.41) is 0. The van der Waals surface area contributed by atoms with Crippen molar-refractivity contribution in [1.29, 1.82) is 0 Å². The van der Waals surface area contributed by atoms with Gasteiger partial charge in [-0.1, -0.05) is 0 Å². The van der Waals surface area contributed by atoms with Crippen LogP contribution < -0.4 is 5.73 Å². The Balaban J connectivity index is 4.48.